The van der Waals surface area contributed by atoms with Gasteiger partial charge in [0.05, 0.1) is 24.7 Å². The van der Waals surface area contributed by atoms with E-state index in [0.29, 0.717) is 22.7 Å². The SMILES string of the molecule is COc1cccc(C(=O)NN2CC(O)=C(c3nc4ccccc4n3C)C2=N)c1. The Morgan fingerprint density at radius 1 is 1.25 bits per heavy atom. The molecule has 1 aliphatic heterocycles. The maximum atomic E-state index is 12.5. The zero-order chi connectivity index (χ0) is 19.8. The minimum absolute atomic E-state index is 0.00686. The zero-order valence-corrected chi connectivity index (χ0v) is 15.4. The number of aliphatic hydroxyl groups is 1. The largest absolute Gasteiger partial charge is 0.509 e. The molecule has 8 heteroatoms. The third kappa shape index (κ3) is 2.84. The molecule has 0 spiro atoms. The third-order valence-electron chi connectivity index (χ3n) is 4.68. The Morgan fingerprint density at radius 2 is 2.04 bits per heavy atom. The summed E-state index contributed by atoms with van der Waals surface area (Å²) in [4.78, 5) is 17.1. The molecule has 8 nitrogen and oxygen atoms in total. The summed E-state index contributed by atoms with van der Waals surface area (Å²) >= 11 is 0. The van der Waals surface area contributed by atoms with Gasteiger partial charge in [-0.15, -0.1) is 0 Å². The van der Waals surface area contributed by atoms with Gasteiger partial charge >= 0.3 is 0 Å². The lowest BCUT2D eigenvalue weighted by atomic mass is 10.2. The Bertz CT molecular complexity index is 1130. The fourth-order valence-electron chi connectivity index (χ4n) is 3.23. The molecule has 1 aromatic heterocycles. The molecule has 2 heterocycles. The molecule has 0 bridgehead atoms. The van der Waals surface area contributed by atoms with Crippen LogP contribution in [0.3, 0.4) is 0 Å². The van der Waals surface area contributed by atoms with E-state index in [1.165, 1.54) is 12.1 Å². The van der Waals surface area contributed by atoms with E-state index >= 15 is 0 Å². The summed E-state index contributed by atoms with van der Waals surface area (Å²) in [5, 5.41) is 20.2. The first-order valence-corrected chi connectivity index (χ1v) is 8.65. The first-order valence-electron chi connectivity index (χ1n) is 8.65. The number of amides is 1. The molecule has 0 unspecified atom stereocenters. The summed E-state index contributed by atoms with van der Waals surface area (Å²) in [6.45, 7) is -0.00686. The molecule has 28 heavy (non-hydrogen) atoms. The molecule has 0 saturated heterocycles. The van der Waals surface area contributed by atoms with E-state index < -0.39 is 5.91 Å². The number of hydrazine groups is 1. The molecular formula is C20H19N5O3. The number of nitrogens with one attached hydrogen (secondary N) is 2. The maximum Gasteiger partial charge on any atom is 0.269 e. The highest BCUT2D eigenvalue weighted by molar-refractivity contribution is 6.23. The Labute approximate surface area is 161 Å². The van der Waals surface area contributed by atoms with Crippen LogP contribution < -0.4 is 10.2 Å². The summed E-state index contributed by atoms with van der Waals surface area (Å²) in [5.41, 5.74) is 5.01. The first kappa shape index (κ1) is 17.6. The number of hydrogen-bond acceptors (Lipinski definition) is 5. The molecule has 4 rings (SSSR count). The summed E-state index contributed by atoms with van der Waals surface area (Å²) in [6, 6.07) is 14.3. The quantitative estimate of drug-likeness (QED) is 0.648. The average Bonchev–Trinajstić information content (AvgIpc) is 3.17. The highest BCUT2D eigenvalue weighted by Gasteiger charge is 2.32. The summed E-state index contributed by atoms with van der Waals surface area (Å²) in [6.07, 6.45) is 0. The molecule has 0 fully saturated rings. The van der Waals surface area contributed by atoms with E-state index in [0.717, 1.165) is 11.0 Å². The summed E-state index contributed by atoms with van der Waals surface area (Å²) in [5.74, 6) is 0.594. The molecule has 1 aliphatic rings. The van der Waals surface area contributed by atoms with Crippen LogP contribution >= 0.6 is 0 Å². The van der Waals surface area contributed by atoms with Gasteiger partial charge in [0.15, 0.2) is 5.84 Å². The third-order valence-corrected chi connectivity index (χ3v) is 4.68. The van der Waals surface area contributed by atoms with Gasteiger partial charge in [-0.25, -0.2) is 4.98 Å². The first-order chi connectivity index (χ1) is 13.5. The summed E-state index contributed by atoms with van der Waals surface area (Å²) < 4.78 is 6.96. The number of aryl methyl sites for hydroxylation is 1. The highest BCUT2D eigenvalue weighted by Crippen LogP contribution is 2.28. The van der Waals surface area contributed by atoms with Gasteiger partial charge in [-0.2, -0.15) is 0 Å². The number of nitrogens with zero attached hydrogens (tertiary/aromatic N) is 3. The molecule has 3 N–H and O–H groups in total. The van der Waals surface area contributed by atoms with E-state index in [2.05, 4.69) is 10.4 Å². The van der Waals surface area contributed by atoms with Crippen LogP contribution in [-0.2, 0) is 7.05 Å². The lowest BCUT2D eigenvalue weighted by molar-refractivity contribution is 0.0874. The van der Waals surface area contributed by atoms with Gasteiger partial charge in [-0.1, -0.05) is 18.2 Å². The van der Waals surface area contributed by atoms with Gasteiger partial charge in [0.1, 0.15) is 22.9 Å². The average molecular weight is 377 g/mol. The molecule has 3 aromatic rings. The van der Waals surface area contributed by atoms with Crippen molar-refractivity contribution in [3.05, 3.63) is 65.7 Å². The van der Waals surface area contributed by atoms with E-state index in [1.54, 1.807) is 24.3 Å². The fourth-order valence-corrected chi connectivity index (χ4v) is 3.23. The van der Waals surface area contributed by atoms with Crippen molar-refractivity contribution in [3.63, 3.8) is 0 Å². The number of carbonyl (C=O) groups excluding carboxylic acids is 1. The minimum atomic E-state index is -0.400. The summed E-state index contributed by atoms with van der Waals surface area (Å²) in [7, 11) is 3.36. The monoisotopic (exact) mass is 377 g/mol. The van der Waals surface area contributed by atoms with Crippen LogP contribution in [0.4, 0.5) is 0 Å². The number of aromatic nitrogens is 2. The number of ether oxygens (including phenoxy) is 1. The molecule has 0 saturated carbocycles. The normalized spacial score (nSPS) is 14.1. The molecule has 142 valence electrons. The molecule has 2 aromatic carbocycles. The van der Waals surface area contributed by atoms with Crippen LogP contribution in [0.1, 0.15) is 16.2 Å². The van der Waals surface area contributed by atoms with Gasteiger partial charge in [-0.05, 0) is 30.3 Å². The number of methoxy groups -OCH3 is 1. The number of rotatable bonds is 4. The van der Waals surface area contributed by atoms with E-state index in [4.69, 9.17) is 10.1 Å². The Kier molecular flexibility index (Phi) is 4.23. The van der Waals surface area contributed by atoms with Crippen molar-refractivity contribution in [2.45, 2.75) is 0 Å². The van der Waals surface area contributed by atoms with Crippen LogP contribution in [0.15, 0.2) is 54.3 Å². The Morgan fingerprint density at radius 3 is 2.79 bits per heavy atom. The number of carbonyl (C=O) groups is 1. The second-order valence-electron chi connectivity index (χ2n) is 6.41. The van der Waals surface area contributed by atoms with Crippen molar-refractivity contribution >= 4 is 28.3 Å². The molecule has 1 amide bonds. The zero-order valence-electron chi connectivity index (χ0n) is 15.4. The molecule has 0 atom stereocenters. The van der Waals surface area contributed by atoms with Crippen molar-refractivity contribution in [2.24, 2.45) is 7.05 Å². The van der Waals surface area contributed by atoms with Crippen molar-refractivity contribution < 1.29 is 14.6 Å². The predicted octanol–water partition coefficient (Wildman–Crippen LogP) is 2.49. The number of imidazole rings is 1. The van der Waals surface area contributed by atoms with Crippen molar-refractivity contribution in [2.75, 3.05) is 13.7 Å². The number of amidine groups is 1. The second kappa shape index (κ2) is 6.73. The van der Waals surface area contributed by atoms with E-state index in [9.17, 15) is 9.90 Å². The fraction of sp³-hybridized carbons (Fsp3) is 0.150. The standard InChI is InChI=1S/C20H19N5O3/c1-24-15-9-4-3-8-14(15)22-19(24)17-16(26)11-25(18(17)21)23-20(27)12-6-5-7-13(10-12)28-2/h3-10,21,26H,11H2,1-2H3,(H,23,27). The van der Waals surface area contributed by atoms with E-state index in [-0.39, 0.29) is 18.1 Å². The molecule has 0 aliphatic carbocycles. The topological polar surface area (TPSA) is 103 Å². The van der Waals surface area contributed by atoms with Gasteiger partial charge in [-0.3, -0.25) is 20.6 Å². The van der Waals surface area contributed by atoms with Crippen LogP contribution in [0.2, 0.25) is 0 Å². The predicted molar refractivity (Wildman–Crippen MR) is 105 cm³/mol. The number of para-hydroxylation sites is 2. The second-order valence-corrected chi connectivity index (χ2v) is 6.41. The smallest absolute Gasteiger partial charge is 0.269 e. The minimum Gasteiger partial charge on any atom is -0.509 e. The number of hydrogen-bond donors (Lipinski definition) is 3. The lowest BCUT2D eigenvalue weighted by Gasteiger charge is -2.19. The molecular weight excluding hydrogens is 358 g/mol. The van der Waals surface area contributed by atoms with Crippen LogP contribution in [-0.4, -0.2) is 45.1 Å². The van der Waals surface area contributed by atoms with Crippen molar-refractivity contribution in [1.29, 1.82) is 5.41 Å². The van der Waals surface area contributed by atoms with Gasteiger partial charge in [0.2, 0.25) is 0 Å². The van der Waals surface area contributed by atoms with Crippen LogP contribution in [0.5, 0.6) is 5.75 Å². The maximum absolute atomic E-state index is 12.5. The highest BCUT2D eigenvalue weighted by atomic mass is 16.5. The van der Waals surface area contributed by atoms with Crippen LogP contribution in [0, 0.1) is 5.41 Å². The van der Waals surface area contributed by atoms with Crippen LogP contribution in [0.25, 0.3) is 16.6 Å². The van der Waals surface area contributed by atoms with Gasteiger partial charge in [0.25, 0.3) is 5.91 Å². The van der Waals surface area contributed by atoms with E-state index in [1.807, 2.05) is 35.9 Å². The van der Waals surface area contributed by atoms with Gasteiger partial charge in [0, 0.05) is 12.6 Å². The Balaban J connectivity index is 1.59. The van der Waals surface area contributed by atoms with Crippen molar-refractivity contribution in [3.8, 4) is 5.75 Å². The Hall–Kier alpha value is -3.81. The number of aliphatic hydroxyl groups excluding tert-OH is 1. The molecule has 0 radical (unpaired) electrons. The van der Waals surface area contributed by atoms with Gasteiger partial charge < -0.3 is 14.4 Å². The van der Waals surface area contributed by atoms with Crippen molar-refractivity contribution in [1.82, 2.24) is 20.0 Å². The lowest BCUT2D eigenvalue weighted by Crippen LogP contribution is -2.43. The number of benzene rings is 2. The number of fused-ring (bicyclic) bond motifs is 1.